The second-order valence-corrected chi connectivity index (χ2v) is 8.81. The Labute approximate surface area is 166 Å². The smallest absolute Gasteiger partial charge is 0.331 e. The molecule has 2 aromatic rings. The molecule has 0 aliphatic heterocycles. The summed E-state index contributed by atoms with van der Waals surface area (Å²) < 4.78 is 31.9. The number of halogens is 2. The van der Waals surface area contributed by atoms with E-state index in [0.29, 0.717) is 20.6 Å². The van der Waals surface area contributed by atoms with Crippen molar-refractivity contribution in [2.45, 2.75) is 17.9 Å². The van der Waals surface area contributed by atoms with E-state index in [4.69, 9.17) is 16.3 Å². The zero-order chi connectivity index (χ0) is 19.5. The number of amides is 2. The highest BCUT2D eigenvalue weighted by atomic mass is 79.9. The summed E-state index contributed by atoms with van der Waals surface area (Å²) in [5, 5.41) is 3.07. The molecule has 26 heavy (non-hydrogen) atoms. The van der Waals surface area contributed by atoms with Crippen LogP contribution in [0.5, 0.6) is 5.75 Å². The van der Waals surface area contributed by atoms with Crippen molar-refractivity contribution < 1.29 is 17.9 Å². The van der Waals surface area contributed by atoms with Gasteiger partial charge in [-0.3, -0.25) is 0 Å². The van der Waals surface area contributed by atoms with Gasteiger partial charge in [-0.15, -0.1) is 0 Å². The second kappa shape index (κ2) is 8.28. The van der Waals surface area contributed by atoms with E-state index in [1.807, 2.05) is 6.07 Å². The van der Waals surface area contributed by atoms with Crippen molar-refractivity contribution in [3.05, 3.63) is 57.5 Å². The van der Waals surface area contributed by atoms with Crippen LogP contribution in [0.2, 0.25) is 5.02 Å². The van der Waals surface area contributed by atoms with Crippen molar-refractivity contribution in [2.75, 3.05) is 14.2 Å². The van der Waals surface area contributed by atoms with Crippen molar-refractivity contribution in [1.82, 2.24) is 9.62 Å². The first-order valence-corrected chi connectivity index (χ1v) is 10.2. The number of hydrogen-bond donors (Lipinski definition) is 1. The third kappa shape index (κ3) is 4.49. The van der Waals surface area contributed by atoms with Crippen LogP contribution < -0.4 is 10.1 Å². The zero-order valence-electron chi connectivity index (χ0n) is 14.4. The van der Waals surface area contributed by atoms with E-state index in [0.717, 1.165) is 4.47 Å². The lowest BCUT2D eigenvalue weighted by Crippen LogP contribution is -2.42. The summed E-state index contributed by atoms with van der Waals surface area (Å²) >= 11 is 9.15. The molecule has 0 radical (unpaired) electrons. The fraction of sp³-hybridized carbons (Fsp3) is 0.235. The molecule has 0 saturated heterocycles. The maximum Gasteiger partial charge on any atom is 0.331 e. The molecule has 0 fully saturated rings. The van der Waals surface area contributed by atoms with E-state index < -0.39 is 22.1 Å². The minimum atomic E-state index is -3.98. The molecule has 1 N–H and O–H groups in total. The van der Waals surface area contributed by atoms with Crippen LogP contribution in [0.1, 0.15) is 18.5 Å². The van der Waals surface area contributed by atoms with Gasteiger partial charge in [0.25, 0.3) is 10.0 Å². The highest BCUT2D eigenvalue weighted by Gasteiger charge is 2.27. The Morgan fingerprint density at radius 2 is 1.85 bits per heavy atom. The minimum Gasteiger partial charge on any atom is -0.496 e. The Hall–Kier alpha value is -1.77. The summed E-state index contributed by atoms with van der Waals surface area (Å²) in [6.45, 7) is 1.74. The number of rotatable bonds is 5. The van der Waals surface area contributed by atoms with Crippen LogP contribution in [0.3, 0.4) is 0 Å². The molecule has 140 valence electrons. The summed E-state index contributed by atoms with van der Waals surface area (Å²) in [6.07, 6.45) is 0. The molecule has 2 rings (SSSR count). The van der Waals surface area contributed by atoms with Gasteiger partial charge in [0.2, 0.25) is 0 Å². The number of methoxy groups -OCH3 is 1. The van der Waals surface area contributed by atoms with E-state index >= 15 is 0 Å². The van der Waals surface area contributed by atoms with Crippen LogP contribution in [0.25, 0.3) is 0 Å². The molecule has 0 spiro atoms. The van der Waals surface area contributed by atoms with Gasteiger partial charge < -0.3 is 10.1 Å². The summed E-state index contributed by atoms with van der Waals surface area (Å²) in [5.41, 5.74) is 0.715. The lowest BCUT2D eigenvalue weighted by atomic mass is 10.1. The SMILES string of the molecule is COc1ccc(Br)cc1C(C)NC(=O)N(C)S(=O)(=O)c1ccc(Cl)cc1. The molecule has 0 saturated carbocycles. The lowest BCUT2D eigenvalue weighted by Gasteiger charge is -2.22. The van der Waals surface area contributed by atoms with Gasteiger partial charge in [-0.25, -0.2) is 17.5 Å². The van der Waals surface area contributed by atoms with Gasteiger partial charge in [0.05, 0.1) is 18.0 Å². The first-order valence-electron chi connectivity index (χ1n) is 7.55. The van der Waals surface area contributed by atoms with Crippen molar-refractivity contribution in [1.29, 1.82) is 0 Å². The fourth-order valence-corrected chi connectivity index (χ4v) is 3.84. The van der Waals surface area contributed by atoms with Crippen molar-refractivity contribution >= 4 is 43.6 Å². The maximum absolute atomic E-state index is 12.6. The van der Waals surface area contributed by atoms with Gasteiger partial charge in [0, 0.05) is 22.1 Å². The molecule has 1 unspecified atom stereocenters. The first kappa shape index (κ1) is 20.5. The van der Waals surface area contributed by atoms with E-state index in [2.05, 4.69) is 21.2 Å². The predicted molar refractivity (Wildman–Crippen MR) is 104 cm³/mol. The van der Waals surface area contributed by atoms with Crippen LogP contribution in [0.4, 0.5) is 4.79 Å². The average molecular weight is 462 g/mol. The van der Waals surface area contributed by atoms with Crippen LogP contribution in [0, 0.1) is 0 Å². The molecule has 9 heteroatoms. The summed E-state index contributed by atoms with van der Waals surface area (Å²) in [4.78, 5) is 12.4. The molecule has 6 nitrogen and oxygen atoms in total. The molecular weight excluding hydrogens is 444 g/mol. The monoisotopic (exact) mass is 460 g/mol. The highest BCUT2D eigenvalue weighted by molar-refractivity contribution is 9.10. The molecule has 2 amide bonds. The Morgan fingerprint density at radius 3 is 2.42 bits per heavy atom. The van der Waals surface area contributed by atoms with Crippen molar-refractivity contribution in [3.8, 4) is 5.75 Å². The molecule has 1 atom stereocenters. The standard InChI is InChI=1S/C17H18BrClN2O4S/c1-11(15-10-12(18)4-9-16(15)25-3)20-17(22)21(2)26(23,24)14-7-5-13(19)6-8-14/h4-11H,1-3H3,(H,20,22). The second-order valence-electron chi connectivity index (χ2n) is 5.48. The Kier molecular flexibility index (Phi) is 6.54. The number of carbonyl (C=O) groups excluding carboxylic acids is 1. The Balaban J connectivity index is 2.21. The van der Waals surface area contributed by atoms with E-state index in [9.17, 15) is 13.2 Å². The normalized spacial score (nSPS) is 12.3. The van der Waals surface area contributed by atoms with Crippen LogP contribution in [0.15, 0.2) is 51.8 Å². The van der Waals surface area contributed by atoms with Gasteiger partial charge in [-0.05, 0) is 49.4 Å². The fourth-order valence-electron chi connectivity index (χ4n) is 2.27. The van der Waals surface area contributed by atoms with Crippen molar-refractivity contribution in [2.24, 2.45) is 0 Å². The zero-order valence-corrected chi connectivity index (χ0v) is 17.5. The van der Waals surface area contributed by atoms with E-state index in [-0.39, 0.29) is 4.90 Å². The van der Waals surface area contributed by atoms with E-state index in [1.54, 1.807) is 19.1 Å². The number of nitrogens with one attached hydrogen (secondary N) is 1. The topological polar surface area (TPSA) is 75.7 Å². The average Bonchev–Trinajstić information content (AvgIpc) is 2.61. The number of urea groups is 1. The van der Waals surface area contributed by atoms with Gasteiger partial charge in [-0.2, -0.15) is 0 Å². The third-order valence-electron chi connectivity index (χ3n) is 3.76. The molecule has 0 heterocycles. The van der Waals surface area contributed by atoms with Crippen molar-refractivity contribution in [3.63, 3.8) is 0 Å². The lowest BCUT2D eigenvalue weighted by molar-refractivity contribution is 0.225. The largest absolute Gasteiger partial charge is 0.496 e. The molecule has 0 bridgehead atoms. The van der Waals surface area contributed by atoms with E-state index in [1.165, 1.54) is 38.4 Å². The number of ether oxygens (including phenoxy) is 1. The van der Waals surface area contributed by atoms with Crippen LogP contribution in [-0.2, 0) is 10.0 Å². The summed E-state index contributed by atoms with van der Waals surface area (Å²) in [6, 6.07) is 9.75. The highest BCUT2D eigenvalue weighted by Crippen LogP contribution is 2.28. The molecule has 2 aromatic carbocycles. The predicted octanol–water partition coefficient (Wildman–Crippen LogP) is 4.20. The maximum atomic E-state index is 12.6. The van der Waals surface area contributed by atoms with Gasteiger partial charge in [0.1, 0.15) is 5.75 Å². The Morgan fingerprint density at radius 1 is 1.23 bits per heavy atom. The molecule has 0 aliphatic rings. The quantitative estimate of drug-likeness (QED) is 0.724. The van der Waals surface area contributed by atoms with Gasteiger partial charge in [0.15, 0.2) is 0 Å². The van der Waals surface area contributed by atoms with Crippen LogP contribution in [-0.4, -0.2) is 32.9 Å². The van der Waals surface area contributed by atoms with Gasteiger partial charge in [-0.1, -0.05) is 27.5 Å². The molecule has 0 aromatic heterocycles. The molecule has 0 aliphatic carbocycles. The number of carbonyl (C=O) groups is 1. The number of benzene rings is 2. The first-order chi connectivity index (χ1) is 12.2. The number of sulfonamides is 1. The molecular formula is C17H18BrClN2O4S. The number of nitrogens with zero attached hydrogens (tertiary/aromatic N) is 1. The Bertz CT molecular complexity index is 903. The minimum absolute atomic E-state index is 0.0211. The van der Waals surface area contributed by atoms with Crippen LogP contribution >= 0.6 is 27.5 Å². The summed E-state index contributed by atoms with van der Waals surface area (Å²) in [7, 11) is -1.26. The third-order valence-corrected chi connectivity index (χ3v) is 6.26. The van der Waals surface area contributed by atoms with Gasteiger partial charge >= 0.3 is 6.03 Å². The number of hydrogen-bond acceptors (Lipinski definition) is 4. The summed E-state index contributed by atoms with van der Waals surface area (Å²) in [5.74, 6) is 0.587.